The van der Waals surface area contributed by atoms with Crippen molar-refractivity contribution in [3.8, 4) is 0 Å². The van der Waals surface area contributed by atoms with E-state index in [-0.39, 0.29) is 18.4 Å². The normalized spacial score (nSPS) is 14.4. The van der Waals surface area contributed by atoms with Crippen molar-refractivity contribution in [1.82, 2.24) is 0 Å². The van der Waals surface area contributed by atoms with Gasteiger partial charge < -0.3 is 9.64 Å². The number of carbonyl (C=O) groups is 2. The molecule has 4 heteroatoms. The lowest BCUT2D eigenvalue weighted by atomic mass is 10.0. The fourth-order valence-corrected chi connectivity index (χ4v) is 1.94. The molecule has 1 amide bonds. The minimum atomic E-state index is -0.374. The highest BCUT2D eigenvalue weighted by molar-refractivity contribution is 6.00. The number of rotatable bonds is 3. The number of hydrogen-bond acceptors (Lipinski definition) is 3. The number of hydrogen-bond donors (Lipinski definition) is 0. The summed E-state index contributed by atoms with van der Waals surface area (Å²) < 4.78 is 4.87. The van der Waals surface area contributed by atoms with E-state index in [0.29, 0.717) is 19.4 Å². The molecule has 0 unspecified atom stereocenters. The summed E-state index contributed by atoms with van der Waals surface area (Å²) >= 11 is 0. The molecule has 0 atom stereocenters. The zero-order valence-electron chi connectivity index (χ0n) is 9.73. The molecular formula is C13H14NO3. The highest BCUT2D eigenvalue weighted by atomic mass is 16.5. The van der Waals surface area contributed by atoms with E-state index in [1.165, 1.54) is 4.90 Å². The van der Waals surface area contributed by atoms with E-state index in [0.717, 1.165) is 11.3 Å². The van der Waals surface area contributed by atoms with Gasteiger partial charge in [0.05, 0.1) is 6.61 Å². The van der Waals surface area contributed by atoms with E-state index in [1.807, 2.05) is 12.1 Å². The number of aryl methyl sites for hydroxylation is 1. The molecule has 0 spiro atoms. The first-order chi connectivity index (χ1) is 8.22. The quantitative estimate of drug-likeness (QED) is 0.738. The summed E-state index contributed by atoms with van der Waals surface area (Å²) in [5.74, 6) is -0.404. The van der Waals surface area contributed by atoms with Gasteiger partial charge in [0.25, 0.3) is 0 Å². The van der Waals surface area contributed by atoms with Crippen LogP contribution in [0.25, 0.3) is 0 Å². The molecule has 0 saturated carbocycles. The lowest BCUT2D eigenvalue weighted by Crippen LogP contribution is -2.39. The van der Waals surface area contributed by atoms with Crippen molar-refractivity contribution >= 4 is 17.6 Å². The first kappa shape index (κ1) is 11.6. The maximum absolute atomic E-state index is 11.8. The van der Waals surface area contributed by atoms with Gasteiger partial charge >= 0.3 is 5.97 Å². The Morgan fingerprint density at radius 2 is 2.35 bits per heavy atom. The number of amides is 1. The summed E-state index contributed by atoms with van der Waals surface area (Å²) in [7, 11) is 0. The SMILES string of the molecule is CCOC(=O)CN1C(=O)CCc2c[c]ccc21. The predicted molar refractivity (Wildman–Crippen MR) is 62.6 cm³/mol. The molecule has 89 valence electrons. The molecule has 0 aromatic heterocycles. The number of nitrogens with zero attached hydrogens (tertiary/aromatic N) is 1. The first-order valence-corrected chi connectivity index (χ1v) is 5.67. The average Bonchev–Trinajstić information content (AvgIpc) is 2.33. The zero-order valence-corrected chi connectivity index (χ0v) is 9.73. The number of carbonyl (C=O) groups excluding carboxylic acids is 2. The van der Waals surface area contributed by atoms with E-state index in [4.69, 9.17) is 4.74 Å². The molecule has 0 aliphatic carbocycles. The Bertz CT molecular complexity index is 442. The fraction of sp³-hybridized carbons (Fsp3) is 0.385. The largest absolute Gasteiger partial charge is 0.465 e. The maximum atomic E-state index is 11.8. The Kier molecular flexibility index (Phi) is 3.42. The third-order valence-corrected chi connectivity index (χ3v) is 2.72. The number of esters is 1. The van der Waals surface area contributed by atoms with Crippen LogP contribution in [0.5, 0.6) is 0 Å². The number of fused-ring (bicyclic) bond motifs is 1. The second kappa shape index (κ2) is 4.99. The van der Waals surface area contributed by atoms with Crippen LogP contribution >= 0.6 is 0 Å². The molecule has 2 rings (SSSR count). The third-order valence-electron chi connectivity index (χ3n) is 2.72. The molecule has 1 heterocycles. The fourth-order valence-electron chi connectivity index (χ4n) is 1.94. The molecule has 1 aromatic carbocycles. The standard InChI is InChI=1S/C13H14NO3/c1-2-17-13(16)9-14-11-6-4-3-5-10(11)7-8-12(14)15/h4-6H,2,7-9H2,1H3. The third kappa shape index (κ3) is 2.46. The maximum Gasteiger partial charge on any atom is 0.326 e. The lowest BCUT2D eigenvalue weighted by Gasteiger charge is -2.28. The Balaban J connectivity index is 2.21. The van der Waals surface area contributed by atoms with Gasteiger partial charge in [-0.3, -0.25) is 9.59 Å². The van der Waals surface area contributed by atoms with Gasteiger partial charge in [0.15, 0.2) is 0 Å². The molecule has 1 aromatic rings. The summed E-state index contributed by atoms with van der Waals surface area (Å²) in [4.78, 5) is 24.7. The van der Waals surface area contributed by atoms with Gasteiger partial charge in [-0.25, -0.2) is 0 Å². The van der Waals surface area contributed by atoms with Crippen molar-refractivity contribution < 1.29 is 14.3 Å². The van der Waals surface area contributed by atoms with E-state index in [9.17, 15) is 9.59 Å². The molecule has 0 saturated heterocycles. The van der Waals surface area contributed by atoms with Crippen LogP contribution in [0.15, 0.2) is 18.2 Å². The van der Waals surface area contributed by atoms with Crippen molar-refractivity contribution in [3.63, 3.8) is 0 Å². The van der Waals surface area contributed by atoms with Gasteiger partial charge in [-0.15, -0.1) is 0 Å². The van der Waals surface area contributed by atoms with E-state index in [2.05, 4.69) is 6.07 Å². The van der Waals surface area contributed by atoms with Crippen molar-refractivity contribution in [3.05, 3.63) is 29.8 Å². The molecule has 4 nitrogen and oxygen atoms in total. The summed E-state index contributed by atoms with van der Waals surface area (Å²) in [6, 6.07) is 8.40. The van der Waals surface area contributed by atoms with Gasteiger partial charge in [0.2, 0.25) is 5.91 Å². The molecule has 0 N–H and O–H groups in total. The molecule has 1 aliphatic rings. The van der Waals surface area contributed by atoms with E-state index >= 15 is 0 Å². The second-order valence-corrected chi connectivity index (χ2v) is 3.84. The van der Waals surface area contributed by atoms with Gasteiger partial charge in [-0.1, -0.05) is 6.07 Å². The molecule has 1 aliphatic heterocycles. The van der Waals surface area contributed by atoms with Crippen LogP contribution in [0.3, 0.4) is 0 Å². The minimum Gasteiger partial charge on any atom is -0.465 e. The van der Waals surface area contributed by atoms with Crippen molar-refractivity contribution in [2.45, 2.75) is 19.8 Å². The van der Waals surface area contributed by atoms with Crippen LogP contribution in [-0.2, 0) is 20.7 Å². The van der Waals surface area contributed by atoms with Crippen LogP contribution in [0.2, 0.25) is 0 Å². The van der Waals surface area contributed by atoms with Crippen molar-refractivity contribution in [2.75, 3.05) is 18.1 Å². The highest BCUT2D eigenvalue weighted by Crippen LogP contribution is 2.26. The summed E-state index contributed by atoms with van der Waals surface area (Å²) in [6.07, 6.45) is 1.15. The molecular weight excluding hydrogens is 218 g/mol. The smallest absolute Gasteiger partial charge is 0.326 e. The van der Waals surface area contributed by atoms with Gasteiger partial charge in [-0.05, 0) is 37.1 Å². The Hall–Kier alpha value is -1.84. The Morgan fingerprint density at radius 1 is 1.53 bits per heavy atom. The van der Waals surface area contributed by atoms with Crippen LogP contribution in [0, 0.1) is 6.07 Å². The number of anilines is 1. The number of ether oxygens (including phenoxy) is 1. The van der Waals surface area contributed by atoms with Crippen molar-refractivity contribution in [2.24, 2.45) is 0 Å². The van der Waals surface area contributed by atoms with E-state index < -0.39 is 0 Å². The van der Waals surface area contributed by atoms with Crippen LogP contribution in [-0.4, -0.2) is 25.0 Å². The number of benzene rings is 1. The molecule has 0 fully saturated rings. The van der Waals surface area contributed by atoms with Gasteiger partial charge in [0, 0.05) is 12.1 Å². The topological polar surface area (TPSA) is 46.6 Å². The van der Waals surface area contributed by atoms with Gasteiger partial charge in [-0.2, -0.15) is 0 Å². The average molecular weight is 232 g/mol. The van der Waals surface area contributed by atoms with Crippen LogP contribution in [0.4, 0.5) is 5.69 Å². The molecule has 17 heavy (non-hydrogen) atoms. The second-order valence-electron chi connectivity index (χ2n) is 3.84. The Labute approximate surface area is 100 Å². The Morgan fingerprint density at radius 3 is 3.12 bits per heavy atom. The zero-order chi connectivity index (χ0) is 12.3. The minimum absolute atomic E-state index is 0.0102. The van der Waals surface area contributed by atoms with Crippen LogP contribution < -0.4 is 4.90 Å². The highest BCUT2D eigenvalue weighted by Gasteiger charge is 2.25. The summed E-state index contributed by atoms with van der Waals surface area (Å²) in [5.41, 5.74) is 1.85. The molecule has 0 bridgehead atoms. The van der Waals surface area contributed by atoms with E-state index in [1.54, 1.807) is 13.0 Å². The monoisotopic (exact) mass is 232 g/mol. The van der Waals surface area contributed by atoms with Crippen molar-refractivity contribution in [1.29, 1.82) is 0 Å². The molecule has 1 radical (unpaired) electrons. The van der Waals surface area contributed by atoms with Gasteiger partial charge in [0.1, 0.15) is 6.54 Å². The lowest BCUT2D eigenvalue weighted by molar-refractivity contribution is -0.142. The predicted octanol–water partition coefficient (Wildman–Crippen LogP) is 1.33. The first-order valence-electron chi connectivity index (χ1n) is 5.67. The summed E-state index contributed by atoms with van der Waals surface area (Å²) in [6.45, 7) is 2.07. The summed E-state index contributed by atoms with van der Waals surface area (Å²) in [5, 5.41) is 0. The van der Waals surface area contributed by atoms with Crippen LogP contribution in [0.1, 0.15) is 18.9 Å².